The van der Waals surface area contributed by atoms with E-state index in [9.17, 15) is 17.3 Å². The Bertz CT molecular complexity index is 256. The molecule has 0 aromatic heterocycles. The Balaban J connectivity index is 0.00000144. The second-order valence-electron chi connectivity index (χ2n) is 2.45. The summed E-state index contributed by atoms with van der Waals surface area (Å²) in [4.78, 5) is 0. The molecule has 0 amide bonds. The molecule has 6 heteroatoms. The zero-order valence-electron chi connectivity index (χ0n) is 7.11. The van der Waals surface area contributed by atoms with Crippen LogP contribution in [0.4, 0.5) is 17.3 Å². The second kappa shape index (κ2) is 5.50. The van der Waals surface area contributed by atoms with Crippen molar-refractivity contribution in [1.29, 1.82) is 0 Å². The largest absolute Gasteiger partial charge is 1.00 e. The van der Waals surface area contributed by atoms with Gasteiger partial charge in [-0.15, -0.1) is 5.46 Å². The molecule has 0 atom stereocenters. The molecule has 0 unspecified atom stereocenters. The first-order chi connectivity index (χ1) is 5.54. The molecule has 0 spiro atoms. The van der Waals surface area contributed by atoms with Crippen LogP contribution in [0.1, 0.15) is 5.56 Å². The van der Waals surface area contributed by atoms with Crippen LogP contribution < -0.4 is 56.8 Å². The first-order valence-corrected chi connectivity index (χ1v) is 3.39. The molecule has 1 aromatic rings. The normalized spacial score (nSPS) is 10.8. The molecule has 1 rings (SSSR count). The molecular formula is C7H6BF4K. The maximum absolute atomic E-state index is 12.0. The molecule has 1 aromatic carbocycles. The quantitative estimate of drug-likeness (QED) is 0.449. The molecule has 0 aliphatic heterocycles. The predicted octanol–water partition coefficient (Wildman–Crippen LogP) is -0.786. The van der Waals surface area contributed by atoms with Gasteiger partial charge in [-0.25, -0.2) is 4.39 Å². The monoisotopic (exact) mass is 216 g/mol. The summed E-state index contributed by atoms with van der Waals surface area (Å²) in [6.45, 7) is -5.68. The Morgan fingerprint density at radius 2 is 1.46 bits per heavy atom. The first-order valence-electron chi connectivity index (χ1n) is 3.39. The van der Waals surface area contributed by atoms with E-state index in [1.54, 1.807) is 0 Å². The number of benzene rings is 1. The fourth-order valence-electron chi connectivity index (χ4n) is 0.825. The SMILES string of the molecule is FCc1ccc([B-](F)(F)F)cc1.[K+]. The molecular weight excluding hydrogens is 210 g/mol. The predicted molar refractivity (Wildman–Crippen MR) is 40.0 cm³/mol. The third kappa shape index (κ3) is 4.12. The minimum atomic E-state index is -4.95. The van der Waals surface area contributed by atoms with Gasteiger partial charge in [0.25, 0.3) is 0 Å². The Morgan fingerprint density at radius 3 is 1.77 bits per heavy atom. The zero-order valence-corrected chi connectivity index (χ0v) is 10.2. The number of rotatable bonds is 2. The average Bonchev–Trinajstić information content (AvgIpc) is 2.03. The van der Waals surface area contributed by atoms with Crippen molar-refractivity contribution in [2.45, 2.75) is 6.67 Å². The Hall–Kier alpha value is 0.641. The van der Waals surface area contributed by atoms with E-state index in [-0.39, 0.29) is 56.9 Å². The number of alkyl halides is 1. The minimum Gasteiger partial charge on any atom is -0.445 e. The minimum absolute atomic E-state index is 0. The van der Waals surface area contributed by atoms with E-state index in [0.717, 1.165) is 24.3 Å². The average molecular weight is 216 g/mol. The number of hydrogen-bond acceptors (Lipinski definition) is 0. The van der Waals surface area contributed by atoms with Gasteiger partial charge in [-0.1, -0.05) is 24.3 Å². The topological polar surface area (TPSA) is 0 Å². The van der Waals surface area contributed by atoms with E-state index in [1.807, 2.05) is 0 Å². The van der Waals surface area contributed by atoms with Gasteiger partial charge < -0.3 is 12.9 Å². The van der Waals surface area contributed by atoms with Crippen LogP contribution in [0.25, 0.3) is 0 Å². The van der Waals surface area contributed by atoms with Crippen molar-refractivity contribution in [3.05, 3.63) is 29.8 Å². The smallest absolute Gasteiger partial charge is 0.445 e. The van der Waals surface area contributed by atoms with Crippen LogP contribution in [0.15, 0.2) is 24.3 Å². The molecule has 0 heterocycles. The summed E-state index contributed by atoms with van der Waals surface area (Å²) in [6, 6.07) is 4.08. The van der Waals surface area contributed by atoms with Crippen molar-refractivity contribution in [3.8, 4) is 0 Å². The van der Waals surface area contributed by atoms with Gasteiger partial charge in [0.05, 0.1) is 0 Å². The van der Waals surface area contributed by atoms with Crippen LogP contribution in [-0.2, 0) is 6.67 Å². The van der Waals surface area contributed by atoms with Crippen LogP contribution in [0.2, 0.25) is 0 Å². The van der Waals surface area contributed by atoms with E-state index in [0.29, 0.717) is 0 Å². The maximum Gasteiger partial charge on any atom is 1.00 e. The summed E-state index contributed by atoms with van der Waals surface area (Å²) in [7, 11) is 0. The fourth-order valence-corrected chi connectivity index (χ4v) is 0.825. The van der Waals surface area contributed by atoms with Gasteiger partial charge in [-0.3, -0.25) is 0 Å². The van der Waals surface area contributed by atoms with E-state index >= 15 is 0 Å². The molecule has 0 bridgehead atoms. The molecule has 0 fully saturated rings. The Labute approximate surface area is 116 Å². The van der Waals surface area contributed by atoms with E-state index < -0.39 is 19.1 Å². The molecule has 0 N–H and O–H groups in total. The summed E-state index contributed by atoms with van der Waals surface area (Å²) in [5.74, 6) is 0. The van der Waals surface area contributed by atoms with Crippen LogP contribution in [-0.4, -0.2) is 6.98 Å². The number of hydrogen-bond donors (Lipinski definition) is 0. The Morgan fingerprint density at radius 1 is 1.00 bits per heavy atom. The molecule has 0 radical (unpaired) electrons. The van der Waals surface area contributed by atoms with Crippen LogP contribution >= 0.6 is 0 Å². The first kappa shape index (κ1) is 13.6. The van der Waals surface area contributed by atoms with E-state index in [4.69, 9.17) is 0 Å². The standard InChI is InChI=1S/C7H6BF4.K/c9-5-6-1-3-7(4-2-6)8(10,11)12;/h1-4H,5H2;/q-1;+1. The van der Waals surface area contributed by atoms with Crippen LogP contribution in [0.3, 0.4) is 0 Å². The maximum atomic E-state index is 12.0. The molecule has 0 saturated carbocycles. The van der Waals surface area contributed by atoms with Gasteiger partial charge in [0.1, 0.15) is 6.67 Å². The van der Waals surface area contributed by atoms with Crippen molar-refractivity contribution < 1.29 is 68.7 Å². The van der Waals surface area contributed by atoms with Crippen molar-refractivity contribution in [2.75, 3.05) is 0 Å². The van der Waals surface area contributed by atoms with Gasteiger partial charge >= 0.3 is 58.4 Å². The fraction of sp³-hybridized carbons (Fsp3) is 0.143. The summed E-state index contributed by atoms with van der Waals surface area (Å²) < 4.78 is 47.9. The van der Waals surface area contributed by atoms with Crippen molar-refractivity contribution in [1.82, 2.24) is 0 Å². The third-order valence-corrected chi connectivity index (χ3v) is 1.51. The molecule has 66 valence electrons. The van der Waals surface area contributed by atoms with Crippen molar-refractivity contribution >= 4 is 12.4 Å². The summed E-state index contributed by atoms with van der Waals surface area (Å²) in [6.07, 6.45) is 0. The zero-order chi connectivity index (χ0) is 9.19. The van der Waals surface area contributed by atoms with E-state index in [2.05, 4.69) is 0 Å². The molecule has 0 aliphatic carbocycles. The summed E-state index contributed by atoms with van der Waals surface area (Å²) >= 11 is 0. The molecule has 13 heavy (non-hydrogen) atoms. The second-order valence-corrected chi connectivity index (χ2v) is 2.45. The third-order valence-electron chi connectivity index (χ3n) is 1.51. The summed E-state index contributed by atoms with van der Waals surface area (Å²) in [5, 5.41) is 0. The van der Waals surface area contributed by atoms with Crippen LogP contribution in [0, 0.1) is 0 Å². The van der Waals surface area contributed by atoms with Gasteiger partial charge in [-0.05, 0) is 5.56 Å². The summed E-state index contributed by atoms with van der Waals surface area (Å²) in [5.41, 5.74) is -0.425. The number of halogens is 4. The van der Waals surface area contributed by atoms with Crippen LogP contribution in [0.5, 0.6) is 0 Å². The van der Waals surface area contributed by atoms with Gasteiger partial charge in [0.2, 0.25) is 0 Å². The van der Waals surface area contributed by atoms with Gasteiger partial charge in [0, 0.05) is 0 Å². The molecule has 0 saturated heterocycles. The van der Waals surface area contributed by atoms with Crippen molar-refractivity contribution in [3.63, 3.8) is 0 Å². The Kier molecular flexibility index (Phi) is 5.78. The van der Waals surface area contributed by atoms with Crippen molar-refractivity contribution in [2.24, 2.45) is 0 Å². The van der Waals surface area contributed by atoms with Gasteiger partial charge in [-0.2, -0.15) is 0 Å². The molecule has 0 aliphatic rings. The van der Waals surface area contributed by atoms with Gasteiger partial charge in [0.15, 0.2) is 0 Å². The van der Waals surface area contributed by atoms with E-state index in [1.165, 1.54) is 0 Å². The molecule has 0 nitrogen and oxygen atoms in total.